The van der Waals surface area contributed by atoms with Crippen molar-refractivity contribution in [1.82, 2.24) is 15.5 Å². The van der Waals surface area contributed by atoms with Crippen LogP contribution >= 0.6 is 0 Å². The number of aromatic nitrogens is 2. The lowest BCUT2D eigenvalue weighted by Gasteiger charge is -2.07. The third kappa shape index (κ3) is 5.66. The van der Waals surface area contributed by atoms with Gasteiger partial charge in [0.15, 0.2) is 0 Å². The van der Waals surface area contributed by atoms with E-state index in [4.69, 9.17) is 9.26 Å². The van der Waals surface area contributed by atoms with E-state index in [0.29, 0.717) is 42.5 Å². The minimum absolute atomic E-state index is 0.177. The van der Waals surface area contributed by atoms with Crippen LogP contribution in [0.25, 0.3) is 11.4 Å². The summed E-state index contributed by atoms with van der Waals surface area (Å²) in [6.45, 7) is 4.92. The van der Waals surface area contributed by atoms with E-state index in [1.165, 1.54) is 0 Å². The van der Waals surface area contributed by atoms with Crippen LogP contribution in [-0.4, -0.2) is 35.1 Å². The van der Waals surface area contributed by atoms with Crippen molar-refractivity contribution in [1.29, 1.82) is 0 Å². The molecule has 3 rings (SSSR count). The molecule has 156 valence electrons. The molecular weight excluding hydrogens is 384 g/mol. The van der Waals surface area contributed by atoms with Gasteiger partial charge in [-0.15, -0.1) is 0 Å². The minimum atomic E-state index is -0.205. The Labute approximate surface area is 174 Å². The number of nitrogens with one attached hydrogen (secondary N) is 2. The van der Waals surface area contributed by atoms with Gasteiger partial charge in [-0.1, -0.05) is 11.2 Å². The Bertz CT molecular complexity index is 998. The van der Waals surface area contributed by atoms with Crippen molar-refractivity contribution in [2.45, 2.75) is 26.7 Å². The van der Waals surface area contributed by atoms with E-state index in [9.17, 15) is 9.59 Å². The molecule has 30 heavy (non-hydrogen) atoms. The molecule has 1 heterocycles. The molecule has 0 radical (unpaired) electrons. The van der Waals surface area contributed by atoms with Gasteiger partial charge in [0.1, 0.15) is 5.75 Å². The van der Waals surface area contributed by atoms with Gasteiger partial charge in [0.25, 0.3) is 5.91 Å². The Balaban J connectivity index is 1.54. The average Bonchev–Trinajstić information content (AvgIpc) is 3.22. The molecule has 0 fully saturated rings. The molecule has 0 aliphatic rings. The topological polar surface area (TPSA) is 106 Å². The highest BCUT2D eigenvalue weighted by atomic mass is 16.5. The SMILES string of the molecule is CCNC(=O)c1cccc(NC(=O)CCc2nc(-c3ccc(OCC)cc3)no2)c1. The number of rotatable bonds is 9. The standard InChI is InChI=1S/C22H24N4O4/c1-3-23-22(28)16-6-5-7-17(14-16)24-19(27)12-13-20-25-21(26-30-20)15-8-10-18(11-9-15)29-4-2/h5-11,14H,3-4,12-13H2,1-2H3,(H,23,28)(H,24,27). The van der Waals surface area contributed by atoms with Crippen molar-refractivity contribution in [3.8, 4) is 17.1 Å². The zero-order valence-corrected chi connectivity index (χ0v) is 17.0. The summed E-state index contributed by atoms with van der Waals surface area (Å²) in [4.78, 5) is 28.5. The van der Waals surface area contributed by atoms with Gasteiger partial charge in [0.2, 0.25) is 17.6 Å². The molecule has 1 aromatic heterocycles. The fraction of sp³-hybridized carbons (Fsp3) is 0.273. The monoisotopic (exact) mass is 408 g/mol. The quantitative estimate of drug-likeness (QED) is 0.562. The van der Waals surface area contributed by atoms with Crippen LogP contribution in [0.3, 0.4) is 0 Å². The van der Waals surface area contributed by atoms with Gasteiger partial charge < -0.3 is 19.9 Å². The molecule has 2 amide bonds. The van der Waals surface area contributed by atoms with E-state index in [1.807, 2.05) is 38.1 Å². The van der Waals surface area contributed by atoms with Crippen LogP contribution in [0.2, 0.25) is 0 Å². The van der Waals surface area contributed by atoms with Gasteiger partial charge >= 0.3 is 0 Å². The van der Waals surface area contributed by atoms with E-state index >= 15 is 0 Å². The predicted molar refractivity (Wildman–Crippen MR) is 112 cm³/mol. The third-order valence-corrected chi connectivity index (χ3v) is 4.20. The van der Waals surface area contributed by atoms with E-state index in [2.05, 4.69) is 20.8 Å². The Hall–Kier alpha value is -3.68. The molecular formula is C22H24N4O4. The molecule has 8 heteroatoms. The van der Waals surface area contributed by atoms with E-state index in [1.54, 1.807) is 24.3 Å². The summed E-state index contributed by atoms with van der Waals surface area (Å²) in [5.74, 6) is 1.23. The molecule has 2 N–H and O–H groups in total. The molecule has 0 aliphatic carbocycles. The molecule has 0 aliphatic heterocycles. The lowest BCUT2D eigenvalue weighted by molar-refractivity contribution is -0.116. The molecule has 3 aromatic rings. The zero-order valence-electron chi connectivity index (χ0n) is 17.0. The second kappa shape index (κ2) is 10.2. The highest BCUT2D eigenvalue weighted by molar-refractivity contribution is 5.97. The maximum absolute atomic E-state index is 12.3. The summed E-state index contributed by atoms with van der Waals surface area (Å²) < 4.78 is 10.7. The number of amides is 2. The van der Waals surface area contributed by atoms with Crippen LogP contribution in [-0.2, 0) is 11.2 Å². The maximum Gasteiger partial charge on any atom is 0.251 e. The second-order valence-electron chi connectivity index (χ2n) is 6.46. The number of hydrogen-bond donors (Lipinski definition) is 2. The largest absolute Gasteiger partial charge is 0.494 e. The number of anilines is 1. The van der Waals surface area contributed by atoms with E-state index < -0.39 is 0 Å². The summed E-state index contributed by atoms with van der Waals surface area (Å²) in [5.41, 5.74) is 1.86. The molecule has 0 bridgehead atoms. The molecule has 0 atom stereocenters. The zero-order chi connectivity index (χ0) is 21.3. The average molecular weight is 408 g/mol. The number of benzene rings is 2. The number of nitrogens with zero attached hydrogens (tertiary/aromatic N) is 2. The summed E-state index contributed by atoms with van der Waals surface area (Å²) in [7, 11) is 0. The lowest BCUT2D eigenvalue weighted by atomic mass is 10.2. The number of carbonyl (C=O) groups is 2. The molecule has 0 saturated heterocycles. The maximum atomic E-state index is 12.3. The van der Waals surface area contributed by atoms with Crippen LogP contribution in [0.4, 0.5) is 5.69 Å². The normalized spacial score (nSPS) is 10.5. The van der Waals surface area contributed by atoms with Gasteiger partial charge in [0.05, 0.1) is 6.61 Å². The van der Waals surface area contributed by atoms with Gasteiger partial charge in [-0.3, -0.25) is 9.59 Å². The molecule has 2 aromatic carbocycles. The summed E-state index contributed by atoms with van der Waals surface area (Å²) in [6.07, 6.45) is 0.488. The fourth-order valence-electron chi connectivity index (χ4n) is 2.79. The lowest BCUT2D eigenvalue weighted by Crippen LogP contribution is -2.22. The van der Waals surface area contributed by atoms with Gasteiger partial charge in [-0.25, -0.2) is 0 Å². The van der Waals surface area contributed by atoms with Crippen molar-refractivity contribution in [2.24, 2.45) is 0 Å². The highest BCUT2D eigenvalue weighted by Gasteiger charge is 2.12. The van der Waals surface area contributed by atoms with Gasteiger partial charge in [-0.05, 0) is 56.3 Å². The summed E-state index contributed by atoms with van der Waals surface area (Å²) in [6, 6.07) is 14.2. The number of ether oxygens (including phenoxy) is 1. The smallest absolute Gasteiger partial charge is 0.251 e. The van der Waals surface area contributed by atoms with E-state index in [-0.39, 0.29) is 18.2 Å². The van der Waals surface area contributed by atoms with Crippen molar-refractivity contribution < 1.29 is 18.8 Å². The van der Waals surface area contributed by atoms with Crippen molar-refractivity contribution in [3.63, 3.8) is 0 Å². The first kappa shape index (κ1) is 21.0. The van der Waals surface area contributed by atoms with Crippen molar-refractivity contribution in [3.05, 3.63) is 60.0 Å². The Morgan fingerprint density at radius 1 is 1.10 bits per heavy atom. The fourth-order valence-corrected chi connectivity index (χ4v) is 2.79. The van der Waals surface area contributed by atoms with Crippen molar-refractivity contribution in [2.75, 3.05) is 18.5 Å². The molecule has 0 spiro atoms. The number of carbonyl (C=O) groups excluding carboxylic acids is 2. The molecule has 8 nitrogen and oxygen atoms in total. The molecule has 0 saturated carbocycles. The van der Waals surface area contributed by atoms with Gasteiger partial charge in [-0.2, -0.15) is 4.98 Å². The predicted octanol–water partition coefficient (Wildman–Crippen LogP) is 3.46. The minimum Gasteiger partial charge on any atom is -0.494 e. The van der Waals surface area contributed by atoms with Crippen LogP contribution in [0.1, 0.15) is 36.5 Å². The summed E-state index contributed by atoms with van der Waals surface area (Å²) >= 11 is 0. The Morgan fingerprint density at radius 2 is 1.90 bits per heavy atom. The highest BCUT2D eigenvalue weighted by Crippen LogP contribution is 2.20. The van der Waals surface area contributed by atoms with Crippen LogP contribution < -0.4 is 15.4 Å². The second-order valence-corrected chi connectivity index (χ2v) is 6.46. The number of aryl methyl sites for hydroxylation is 1. The van der Waals surface area contributed by atoms with Gasteiger partial charge in [0, 0.05) is 36.2 Å². The van der Waals surface area contributed by atoms with Crippen molar-refractivity contribution >= 4 is 17.5 Å². The van der Waals surface area contributed by atoms with E-state index in [0.717, 1.165) is 11.3 Å². The Morgan fingerprint density at radius 3 is 2.63 bits per heavy atom. The third-order valence-electron chi connectivity index (χ3n) is 4.20. The number of hydrogen-bond acceptors (Lipinski definition) is 6. The van der Waals surface area contributed by atoms with Crippen LogP contribution in [0.15, 0.2) is 53.1 Å². The van der Waals surface area contributed by atoms with Crippen LogP contribution in [0.5, 0.6) is 5.75 Å². The Kier molecular flexibility index (Phi) is 7.15. The first-order valence-electron chi connectivity index (χ1n) is 9.83. The first-order chi connectivity index (χ1) is 14.6. The molecule has 0 unspecified atom stereocenters. The summed E-state index contributed by atoms with van der Waals surface area (Å²) in [5, 5.41) is 9.48. The van der Waals surface area contributed by atoms with Crippen LogP contribution in [0, 0.1) is 0 Å². The first-order valence-corrected chi connectivity index (χ1v) is 9.83.